The number of carbonyl (C=O) groups excluding carboxylic acids is 1. The lowest BCUT2D eigenvalue weighted by Crippen LogP contribution is -2.18. The molecule has 26 heavy (non-hydrogen) atoms. The van der Waals surface area contributed by atoms with Crippen molar-refractivity contribution in [2.24, 2.45) is 0 Å². The maximum absolute atomic E-state index is 12.8. The monoisotopic (exact) mass is 411 g/mol. The van der Waals surface area contributed by atoms with Crippen LogP contribution in [0.4, 0.5) is 10.7 Å². The summed E-state index contributed by atoms with van der Waals surface area (Å²) < 4.78 is 17.8. The number of imidazole rings is 1. The standard InChI is InChI=1S/C17H15Cl2N3O3S/c1-9(2)25-17(23)22-16-20-13-6-4-11(8-14(13)21-16)26(24)15-7-10(18)3-5-12(15)19/h3-9H,1-2H3,(H2,20,21,22,23). The number of aromatic amines is 1. The molecule has 2 aromatic carbocycles. The van der Waals surface area contributed by atoms with E-state index < -0.39 is 16.9 Å². The van der Waals surface area contributed by atoms with E-state index in [9.17, 15) is 9.00 Å². The molecule has 6 nitrogen and oxygen atoms in total. The first-order chi connectivity index (χ1) is 12.3. The van der Waals surface area contributed by atoms with Gasteiger partial charge in [0.15, 0.2) is 0 Å². The van der Waals surface area contributed by atoms with Gasteiger partial charge in [-0.05, 0) is 50.2 Å². The molecule has 0 fully saturated rings. The van der Waals surface area contributed by atoms with Crippen molar-refractivity contribution >= 4 is 57.1 Å². The molecule has 3 rings (SSSR count). The molecule has 0 spiro atoms. The van der Waals surface area contributed by atoms with Crippen molar-refractivity contribution in [1.82, 2.24) is 9.97 Å². The summed E-state index contributed by atoms with van der Waals surface area (Å²) in [5.74, 6) is 0.245. The van der Waals surface area contributed by atoms with Gasteiger partial charge in [-0.15, -0.1) is 0 Å². The molecule has 0 aliphatic carbocycles. The molecule has 0 aliphatic rings. The van der Waals surface area contributed by atoms with Crippen LogP contribution in [0.15, 0.2) is 46.2 Å². The SMILES string of the molecule is CC(C)OC(=O)Nc1nc2ccc(S(=O)c3cc(Cl)ccc3Cl)cc2[nH]1. The largest absolute Gasteiger partial charge is 0.447 e. The van der Waals surface area contributed by atoms with Crippen LogP contribution in [0.2, 0.25) is 10.0 Å². The summed E-state index contributed by atoms with van der Waals surface area (Å²) >= 11 is 12.1. The second kappa shape index (κ2) is 7.65. The van der Waals surface area contributed by atoms with Crippen LogP contribution in [-0.2, 0) is 15.5 Å². The van der Waals surface area contributed by atoms with Crippen molar-refractivity contribution in [3.8, 4) is 0 Å². The molecule has 0 radical (unpaired) electrons. The number of hydrogen-bond donors (Lipinski definition) is 2. The molecule has 1 unspecified atom stereocenters. The third kappa shape index (κ3) is 4.17. The van der Waals surface area contributed by atoms with Crippen molar-refractivity contribution in [2.75, 3.05) is 5.32 Å². The van der Waals surface area contributed by atoms with Crippen LogP contribution < -0.4 is 5.32 Å². The van der Waals surface area contributed by atoms with E-state index in [-0.39, 0.29) is 12.1 Å². The van der Waals surface area contributed by atoms with E-state index in [1.807, 2.05) is 0 Å². The highest BCUT2D eigenvalue weighted by atomic mass is 35.5. The van der Waals surface area contributed by atoms with E-state index >= 15 is 0 Å². The summed E-state index contributed by atoms with van der Waals surface area (Å²) in [5, 5.41) is 3.34. The number of nitrogens with one attached hydrogen (secondary N) is 2. The number of rotatable bonds is 4. The third-order valence-corrected chi connectivity index (χ3v) is 5.42. The molecule has 1 amide bonds. The van der Waals surface area contributed by atoms with Gasteiger partial charge in [0.2, 0.25) is 5.95 Å². The maximum atomic E-state index is 12.8. The Hall–Kier alpha value is -2.09. The van der Waals surface area contributed by atoms with E-state index in [4.69, 9.17) is 27.9 Å². The highest BCUT2D eigenvalue weighted by Crippen LogP contribution is 2.28. The Morgan fingerprint density at radius 2 is 2.00 bits per heavy atom. The van der Waals surface area contributed by atoms with Crippen molar-refractivity contribution < 1.29 is 13.7 Å². The summed E-state index contributed by atoms with van der Waals surface area (Å²) in [7, 11) is -1.51. The number of fused-ring (bicyclic) bond motifs is 1. The van der Waals surface area contributed by atoms with Gasteiger partial charge in [-0.1, -0.05) is 23.2 Å². The highest BCUT2D eigenvalue weighted by Gasteiger charge is 2.15. The Morgan fingerprint density at radius 3 is 2.73 bits per heavy atom. The second-order valence-electron chi connectivity index (χ2n) is 5.69. The van der Waals surface area contributed by atoms with Gasteiger partial charge in [-0.25, -0.2) is 14.0 Å². The molecule has 0 aliphatic heterocycles. The van der Waals surface area contributed by atoms with Crippen molar-refractivity contribution in [3.05, 3.63) is 46.4 Å². The number of carbonyl (C=O) groups is 1. The average Bonchev–Trinajstić information content (AvgIpc) is 2.96. The van der Waals surface area contributed by atoms with Gasteiger partial charge < -0.3 is 9.72 Å². The van der Waals surface area contributed by atoms with Crippen molar-refractivity contribution in [3.63, 3.8) is 0 Å². The van der Waals surface area contributed by atoms with Gasteiger partial charge in [0.05, 0.1) is 37.9 Å². The lowest BCUT2D eigenvalue weighted by atomic mass is 10.3. The lowest BCUT2D eigenvalue weighted by Gasteiger charge is -2.06. The highest BCUT2D eigenvalue weighted by molar-refractivity contribution is 7.85. The van der Waals surface area contributed by atoms with Crippen molar-refractivity contribution in [1.29, 1.82) is 0 Å². The van der Waals surface area contributed by atoms with Crippen LogP contribution >= 0.6 is 23.2 Å². The van der Waals surface area contributed by atoms with E-state index in [1.165, 1.54) is 0 Å². The fraction of sp³-hybridized carbons (Fsp3) is 0.176. The maximum Gasteiger partial charge on any atom is 0.414 e. The Bertz CT molecular complexity index is 1000. The first-order valence-electron chi connectivity index (χ1n) is 7.67. The van der Waals surface area contributed by atoms with Crippen LogP contribution in [0, 0.1) is 0 Å². The molecule has 136 valence electrons. The molecular weight excluding hydrogens is 397 g/mol. The van der Waals surface area contributed by atoms with Gasteiger partial charge >= 0.3 is 6.09 Å². The van der Waals surface area contributed by atoms with E-state index in [2.05, 4.69) is 15.3 Å². The number of hydrogen-bond acceptors (Lipinski definition) is 4. The number of halogens is 2. The first kappa shape index (κ1) is 18.7. The predicted octanol–water partition coefficient (Wildman–Crippen LogP) is 4.99. The number of aromatic nitrogens is 2. The molecule has 0 bridgehead atoms. The van der Waals surface area contributed by atoms with Crippen LogP contribution in [-0.4, -0.2) is 26.4 Å². The molecule has 2 N–H and O–H groups in total. The zero-order valence-electron chi connectivity index (χ0n) is 13.9. The summed E-state index contributed by atoms with van der Waals surface area (Å²) in [6, 6.07) is 9.90. The molecular formula is C17H15Cl2N3O3S. The van der Waals surface area contributed by atoms with Crippen LogP contribution in [0.1, 0.15) is 13.8 Å². The number of benzene rings is 2. The number of amides is 1. The topological polar surface area (TPSA) is 84.1 Å². The number of nitrogens with zero attached hydrogens (tertiary/aromatic N) is 1. The Morgan fingerprint density at radius 1 is 1.23 bits per heavy atom. The lowest BCUT2D eigenvalue weighted by molar-refractivity contribution is 0.130. The second-order valence-corrected chi connectivity index (χ2v) is 7.98. The minimum atomic E-state index is -1.51. The van der Waals surface area contributed by atoms with Crippen LogP contribution in [0.5, 0.6) is 0 Å². The van der Waals surface area contributed by atoms with Gasteiger partial charge in [0.1, 0.15) is 0 Å². The minimum Gasteiger partial charge on any atom is -0.447 e. The molecule has 1 heterocycles. The van der Waals surface area contributed by atoms with Gasteiger partial charge in [0.25, 0.3) is 0 Å². The molecule has 1 atom stereocenters. The number of H-pyrrole nitrogens is 1. The summed E-state index contributed by atoms with van der Waals surface area (Å²) in [6.45, 7) is 3.50. The van der Waals surface area contributed by atoms with Gasteiger partial charge in [-0.2, -0.15) is 0 Å². The molecule has 9 heteroatoms. The minimum absolute atomic E-state index is 0.240. The van der Waals surface area contributed by atoms with E-state index in [0.29, 0.717) is 30.9 Å². The fourth-order valence-corrected chi connectivity index (χ4v) is 3.96. The number of ether oxygens (including phenoxy) is 1. The number of anilines is 1. The Labute approximate surface area is 162 Å². The van der Waals surface area contributed by atoms with Crippen molar-refractivity contribution in [2.45, 2.75) is 29.7 Å². The van der Waals surface area contributed by atoms with E-state index in [0.717, 1.165) is 0 Å². The fourth-order valence-electron chi connectivity index (χ4n) is 2.25. The molecule has 1 aromatic heterocycles. The molecule has 3 aromatic rings. The smallest absolute Gasteiger partial charge is 0.414 e. The van der Waals surface area contributed by atoms with E-state index in [1.54, 1.807) is 50.2 Å². The zero-order chi connectivity index (χ0) is 18.8. The predicted molar refractivity (Wildman–Crippen MR) is 102 cm³/mol. The normalized spacial score (nSPS) is 12.3. The zero-order valence-corrected chi connectivity index (χ0v) is 16.2. The summed E-state index contributed by atoms with van der Waals surface area (Å²) in [4.78, 5) is 19.8. The quantitative estimate of drug-likeness (QED) is 0.632. The summed E-state index contributed by atoms with van der Waals surface area (Å²) in [6.07, 6.45) is -0.843. The van der Waals surface area contributed by atoms with Gasteiger partial charge in [0, 0.05) is 9.92 Å². The van der Waals surface area contributed by atoms with Crippen LogP contribution in [0.25, 0.3) is 11.0 Å². The average molecular weight is 412 g/mol. The Kier molecular flexibility index (Phi) is 5.50. The third-order valence-electron chi connectivity index (χ3n) is 3.32. The van der Waals surface area contributed by atoms with Crippen LogP contribution in [0.3, 0.4) is 0 Å². The molecule has 0 saturated heterocycles. The first-order valence-corrected chi connectivity index (χ1v) is 9.58. The Balaban J connectivity index is 1.88. The van der Waals surface area contributed by atoms with Gasteiger partial charge in [-0.3, -0.25) is 5.32 Å². The molecule has 0 saturated carbocycles. The summed E-state index contributed by atoms with van der Waals surface area (Å²) in [5.41, 5.74) is 1.23.